The highest BCUT2D eigenvalue weighted by Gasteiger charge is 2.34. The topological polar surface area (TPSA) is 32.3 Å². The van der Waals surface area contributed by atoms with Crippen molar-refractivity contribution in [1.82, 2.24) is 0 Å². The first-order chi connectivity index (χ1) is 9.91. The van der Waals surface area contributed by atoms with Crippen molar-refractivity contribution >= 4 is 21.6 Å². The van der Waals surface area contributed by atoms with Gasteiger partial charge in [-0.25, -0.2) is 0 Å². The number of anilines is 1. The Kier molecular flexibility index (Phi) is 5.54. The summed E-state index contributed by atoms with van der Waals surface area (Å²) in [4.78, 5) is 0. The number of hydrogen-bond acceptors (Lipinski definition) is 2. The van der Waals surface area contributed by atoms with E-state index in [1.807, 2.05) is 0 Å². The molecule has 118 valence electrons. The van der Waals surface area contributed by atoms with Crippen molar-refractivity contribution in [2.24, 2.45) is 11.8 Å². The van der Waals surface area contributed by atoms with Crippen molar-refractivity contribution < 1.29 is 18.3 Å². The third-order valence-corrected chi connectivity index (χ3v) is 4.64. The Bertz CT molecular complexity index is 478. The van der Waals surface area contributed by atoms with Crippen LogP contribution in [0.4, 0.5) is 18.9 Å². The maximum absolute atomic E-state index is 13.0. The molecule has 1 aliphatic rings. The first kappa shape index (κ1) is 16.6. The first-order valence-corrected chi connectivity index (χ1v) is 7.92. The van der Waals surface area contributed by atoms with Gasteiger partial charge in [0.2, 0.25) is 0 Å². The van der Waals surface area contributed by atoms with Gasteiger partial charge in [-0.05, 0) is 42.9 Å². The summed E-state index contributed by atoms with van der Waals surface area (Å²) in [5.41, 5.74) is -0.554. The summed E-state index contributed by atoms with van der Waals surface area (Å²) in [5.74, 6) is 0.421. The maximum Gasteiger partial charge on any atom is 0.418 e. The van der Waals surface area contributed by atoms with Gasteiger partial charge in [0.05, 0.1) is 5.56 Å². The average Bonchev–Trinajstić information content (AvgIpc) is 2.45. The number of aliphatic hydroxyl groups excluding tert-OH is 1. The second-order valence-electron chi connectivity index (χ2n) is 5.56. The van der Waals surface area contributed by atoms with Gasteiger partial charge < -0.3 is 10.4 Å². The Balaban J connectivity index is 2.09. The normalized spacial score (nSPS) is 23.1. The van der Waals surface area contributed by atoms with Crippen LogP contribution >= 0.6 is 15.9 Å². The third kappa shape index (κ3) is 4.36. The molecule has 1 aromatic rings. The molecule has 1 aromatic carbocycles. The molecule has 1 fully saturated rings. The van der Waals surface area contributed by atoms with Gasteiger partial charge in [0.15, 0.2) is 0 Å². The van der Waals surface area contributed by atoms with Crippen molar-refractivity contribution in [2.45, 2.75) is 31.9 Å². The van der Waals surface area contributed by atoms with Crippen molar-refractivity contribution in [3.8, 4) is 0 Å². The van der Waals surface area contributed by atoms with E-state index >= 15 is 0 Å². The average molecular weight is 366 g/mol. The summed E-state index contributed by atoms with van der Waals surface area (Å²) in [5, 5.41) is 12.3. The molecule has 2 atom stereocenters. The van der Waals surface area contributed by atoms with Crippen molar-refractivity contribution in [3.05, 3.63) is 28.2 Å². The lowest BCUT2D eigenvalue weighted by Gasteiger charge is -2.31. The molecular weight excluding hydrogens is 347 g/mol. The molecule has 2 N–H and O–H groups in total. The van der Waals surface area contributed by atoms with Crippen molar-refractivity contribution in [1.29, 1.82) is 0 Å². The van der Waals surface area contributed by atoms with Crippen LogP contribution in [0.25, 0.3) is 0 Å². The molecule has 0 aromatic heterocycles. The molecule has 0 saturated heterocycles. The second kappa shape index (κ2) is 7.01. The van der Waals surface area contributed by atoms with Gasteiger partial charge in [-0.3, -0.25) is 0 Å². The molecule has 1 saturated carbocycles. The van der Waals surface area contributed by atoms with E-state index in [4.69, 9.17) is 0 Å². The van der Waals surface area contributed by atoms with Gasteiger partial charge in [-0.2, -0.15) is 13.2 Å². The van der Waals surface area contributed by atoms with E-state index in [-0.39, 0.29) is 24.1 Å². The lowest BCUT2D eigenvalue weighted by atomic mass is 9.79. The number of rotatable bonds is 4. The monoisotopic (exact) mass is 365 g/mol. The van der Waals surface area contributed by atoms with Crippen molar-refractivity contribution in [2.75, 3.05) is 18.5 Å². The molecule has 0 heterocycles. The molecule has 0 radical (unpaired) electrons. The largest absolute Gasteiger partial charge is 0.418 e. The molecule has 1 aliphatic carbocycles. The van der Waals surface area contributed by atoms with Gasteiger partial charge >= 0.3 is 6.18 Å². The number of aliphatic hydroxyl groups is 1. The van der Waals surface area contributed by atoms with Gasteiger partial charge in [-0.1, -0.05) is 28.8 Å². The minimum atomic E-state index is -4.38. The summed E-state index contributed by atoms with van der Waals surface area (Å²) in [7, 11) is 0. The zero-order valence-electron chi connectivity index (χ0n) is 11.6. The molecule has 0 spiro atoms. The molecule has 0 aliphatic heterocycles. The van der Waals surface area contributed by atoms with Crippen LogP contribution < -0.4 is 5.32 Å². The SMILES string of the molecule is OCC1CCCCC1CNc1ccc(Br)cc1C(F)(F)F. The molecule has 2 rings (SSSR count). The van der Waals surface area contributed by atoms with E-state index in [9.17, 15) is 18.3 Å². The number of benzene rings is 1. The van der Waals surface area contributed by atoms with Gasteiger partial charge in [-0.15, -0.1) is 0 Å². The minimum Gasteiger partial charge on any atom is -0.396 e. The zero-order chi connectivity index (χ0) is 15.5. The quantitative estimate of drug-likeness (QED) is 0.811. The Morgan fingerprint density at radius 3 is 2.48 bits per heavy atom. The summed E-state index contributed by atoms with van der Waals surface area (Å²) in [6, 6.07) is 4.14. The van der Waals surface area contributed by atoms with Gasteiger partial charge in [0.25, 0.3) is 0 Å². The Hall–Kier alpha value is -0.750. The van der Waals surface area contributed by atoms with E-state index in [0.29, 0.717) is 11.0 Å². The molecule has 2 nitrogen and oxygen atoms in total. The van der Waals surface area contributed by atoms with Crippen LogP contribution in [0.15, 0.2) is 22.7 Å². The van der Waals surface area contributed by atoms with E-state index in [0.717, 1.165) is 31.7 Å². The summed E-state index contributed by atoms with van der Waals surface area (Å²) in [6.07, 6.45) is -0.302. The fourth-order valence-corrected chi connectivity index (χ4v) is 3.30. The van der Waals surface area contributed by atoms with Crippen LogP contribution in [-0.4, -0.2) is 18.3 Å². The first-order valence-electron chi connectivity index (χ1n) is 7.13. The lowest BCUT2D eigenvalue weighted by molar-refractivity contribution is -0.137. The van der Waals surface area contributed by atoms with Crippen LogP contribution in [0.1, 0.15) is 31.2 Å². The third-order valence-electron chi connectivity index (χ3n) is 4.14. The van der Waals surface area contributed by atoms with E-state index < -0.39 is 11.7 Å². The highest BCUT2D eigenvalue weighted by molar-refractivity contribution is 9.10. The summed E-state index contributed by atoms with van der Waals surface area (Å²) >= 11 is 3.08. The predicted molar refractivity (Wildman–Crippen MR) is 80.2 cm³/mol. The molecule has 2 unspecified atom stereocenters. The molecule has 6 heteroatoms. The predicted octanol–water partition coefficient (Wildman–Crippen LogP) is 4.68. The van der Waals surface area contributed by atoms with E-state index in [1.165, 1.54) is 6.07 Å². The van der Waals surface area contributed by atoms with Crippen molar-refractivity contribution in [3.63, 3.8) is 0 Å². The molecular formula is C15H19BrF3NO. The molecule has 21 heavy (non-hydrogen) atoms. The summed E-state index contributed by atoms with van der Waals surface area (Å²) in [6.45, 7) is 0.578. The van der Waals surface area contributed by atoms with Crippen LogP contribution in [0, 0.1) is 11.8 Å². The lowest BCUT2D eigenvalue weighted by Crippen LogP contribution is -2.29. The molecule has 0 bridgehead atoms. The van der Waals surface area contributed by atoms with Crippen LogP contribution in [-0.2, 0) is 6.18 Å². The zero-order valence-corrected chi connectivity index (χ0v) is 13.2. The Labute approximate surface area is 130 Å². The highest BCUT2D eigenvalue weighted by atomic mass is 79.9. The standard InChI is InChI=1S/C15H19BrF3NO/c16-12-5-6-14(13(7-12)15(17,18)19)20-8-10-3-1-2-4-11(10)9-21/h5-7,10-11,20-21H,1-4,8-9H2. The maximum atomic E-state index is 13.0. The van der Waals surface area contributed by atoms with E-state index in [2.05, 4.69) is 21.2 Å². The number of alkyl halides is 3. The Morgan fingerprint density at radius 2 is 1.86 bits per heavy atom. The number of nitrogens with one attached hydrogen (secondary N) is 1. The summed E-state index contributed by atoms with van der Waals surface area (Å²) < 4.78 is 39.5. The van der Waals surface area contributed by atoms with Crippen LogP contribution in [0.2, 0.25) is 0 Å². The van der Waals surface area contributed by atoms with Gasteiger partial charge in [0, 0.05) is 23.3 Å². The second-order valence-corrected chi connectivity index (χ2v) is 6.47. The fourth-order valence-electron chi connectivity index (χ4n) is 2.94. The number of halogens is 4. The van der Waals surface area contributed by atoms with Gasteiger partial charge in [0.1, 0.15) is 0 Å². The smallest absolute Gasteiger partial charge is 0.396 e. The van der Waals surface area contributed by atoms with Crippen LogP contribution in [0.5, 0.6) is 0 Å². The van der Waals surface area contributed by atoms with E-state index in [1.54, 1.807) is 6.07 Å². The number of hydrogen-bond donors (Lipinski definition) is 2. The highest BCUT2D eigenvalue weighted by Crippen LogP contribution is 2.37. The van der Waals surface area contributed by atoms with Crippen LogP contribution in [0.3, 0.4) is 0 Å². The Morgan fingerprint density at radius 1 is 1.19 bits per heavy atom. The molecule has 0 amide bonds. The minimum absolute atomic E-state index is 0.105. The fraction of sp³-hybridized carbons (Fsp3) is 0.600.